The molecule has 2 aromatic rings. The summed E-state index contributed by atoms with van der Waals surface area (Å²) in [6.07, 6.45) is 0.664. The zero-order chi connectivity index (χ0) is 20.3. The van der Waals surface area contributed by atoms with Crippen LogP contribution < -0.4 is 9.47 Å². The topological polar surface area (TPSA) is 59.0 Å². The van der Waals surface area contributed by atoms with E-state index < -0.39 is 11.7 Å². The Labute approximate surface area is 175 Å². The fraction of sp³-hybridized carbons (Fsp3) is 0.348. The van der Waals surface area contributed by atoms with Crippen LogP contribution in [0.25, 0.3) is 0 Å². The van der Waals surface area contributed by atoms with Gasteiger partial charge >= 0.3 is 0 Å². The first-order valence-electron chi connectivity index (χ1n) is 9.67. The van der Waals surface area contributed by atoms with E-state index in [2.05, 4.69) is 11.8 Å². The Morgan fingerprint density at radius 3 is 2.69 bits per heavy atom. The van der Waals surface area contributed by atoms with E-state index in [9.17, 15) is 9.90 Å². The first-order chi connectivity index (χ1) is 14.0. The Hall–Kier alpha value is -2.68. The molecule has 1 amide bonds. The molecule has 0 radical (unpaired) electrons. The number of carbonyl (C=O) groups is 1. The number of piperidine rings is 1. The van der Waals surface area contributed by atoms with E-state index in [0.29, 0.717) is 48.9 Å². The predicted molar refractivity (Wildman–Crippen MR) is 110 cm³/mol. The second-order valence-electron chi connectivity index (χ2n) is 7.40. The van der Waals surface area contributed by atoms with Gasteiger partial charge in [-0.1, -0.05) is 41.6 Å². The smallest absolute Gasteiger partial charge is 0.267 e. The summed E-state index contributed by atoms with van der Waals surface area (Å²) in [6, 6.07) is 14.7. The number of benzene rings is 2. The van der Waals surface area contributed by atoms with Crippen molar-refractivity contribution in [1.82, 2.24) is 4.90 Å². The van der Waals surface area contributed by atoms with E-state index >= 15 is 0 Å². The Morgan fingerprint density at radius 1 is 1.17 bits per heavy atom. The van der Waals surface area contributed by atoms with Crippen LogP contribution in [-0.4, -0.2) is 47.3 Å². The Balaban J connectivity index is 1.31. The van der Waals surface area contributed by atoms with Crippen molar-refractivity contribution < 1.29 is 19.4 Å². The zero-order valence-electron chi connectivity index (χ0n) is 15.9. The third-order valence-electron chi connectivity index (χ3n) is 5.26. The van der Waals surface area contributed by atoms with Gasteiger partial charge in [-0.15, -0.1) is 0 Å². The molecule has 0 bridgehead atoms. The molecule has 0 aromatic heterocycles. The number of para-hydroxylation sites is 2. The number of carbonyl (C=O) groups excluding carboxylic acids is 1. The lowest BCUT2D eigenvalue weighted by Crippen LogP contribution is -2.52. The number of aliphatic hydroxyl groups is 1. The summed E-state index contributed by atoms with van der Waals surface area (Å²) in [5, 5.41) is 11.5. The summed E-state index contributed by atoms with van der Waals surface area (Å²) in [5.74, 6) is 7.23. The number of nitrogens with zero attached hydrogens (tertiary/aromatic N) is 1. The van der Waals surface area contributed by atoms with Crippen LogP contribution in [0.15, 0.2) is 48.5 Å². The number of ether oxygens (including phenoxy) is 2. The minimum Gasteiger partial charge on any atom is -0.485 e. The molecular weight excluding hydrogens is 390 g/mol. The van der Waals surface area contributed by atoms with Gasteiger partial charge < -0.3 is 19.5 Å². The normalized spacial score (nSPS) is 19.8. The zero-order valence-corrected chi connectivity index (χ0v) is 16.7. The predicted octanol–water partition coefficient (Wildman–Crippen LogP) is 3.28. The van der Waals surface area contributed by atoms with Gasteiger partial charge in [0.05, 0.1) is 5.60 Å². The molecule has 1 unspecified atom stereocenters. The number of hydrogen-bond donors (Lipinski definition) is 1. The van der Waals surface area contributed by atoms with Crippen LogP contribution in [0.5, 0.6) is 11.5 Å². The van der Waals surface area contributed by atoms with Gasteiger partial charge in [0.2, 0.25) is 6.10 Å². The van der Waals surface area contributed by atoms with E-state index in [1.54, 1.807) is 23.1 Å². The third kappa shape index (κ3) is 4.67. The molecular formula is C23H22ClNO4. The molecule has 1 saturated heterocycles. The molecule has 5 nitrogen and oxygen atoms in total. The van der Waals surface area contributed by atoms with Crippen LogP contribution in [0.4, 0.5) is 0 Å². The lowest BCUT2D eigenvalue weighted by Gasteiger charge is -2.39. The molecule has 1 N–H and O–H groups in total. The fourth-order valence-corrected chi connectivity index (χ4v) is 3.73. The molecule has 2 heterocycles. The highest BCUT2D eigenvalue weighted by molar-refractivity contribution is 6.30. The molecule has 4 rings (SSSR count). The van der Waals surface area contributed by atoms with Gasteiger partial charge in [0.25, 0.3) is 5.91 Å². The second-order valence-corrected chi connectivity index (χ2v) is 7.84. The molecule has 2 aromatic carbocycles. The number of fused-ring (bicyclic) bond motifs is 1. The molecule has 1 atom stereocenters. The first kappa shape index (κ1) is 19.6. The van der Waals surface area contributed by atoms with Gasteiger partial charge in [0.15, 0.2) is 11.5 Å². The van der Waals surface area contributed by atoms with Gasteiger partial charge in [-0.25, -0.2) is 0 Å². The van der Waals surface area contributed by atoms with Crippen molar-refractivity contribution in [2.24, 2.45) is 0 Å². The van der Waals surface area contributed by atoms with Crippen LogP contribution in [0.3, 0.4) is 0 Å². The lowest BCUT2D eigenvalue weighted by molar-refractivity contribution is -0.145. The van der Waals surface area contributed by atoms with Gasteiger partial charge in [-0.2, -0.15) is 0 Å². The molecule has 2 aliphatic heterocycles. The number of likely N-dealkylation sites (tertiary alicyclic amines) is 1. The molecule has 0 aliphatic carbocycles. The number of hydrogen-bond acceptors (Lipinski definition) is 4. The van der Waals surface area contributed by atoms with Crippen molar-refractivity contribution in [1.29, 1.82) is 0 Å². The Kier molecular flexibility index (Phi) is 5.66. The maximum atomic E-state index is 12.8. The minimum atomic E-state index is -0.890. The van der Waals surface area contributed by atoms with Gasteiger partial charge in [0.1, 0.15) is 6.61 Å². The molecule has 29 heavy (non-hydrogen) atoms. The summed E-state index contributed by atoms with van der Waals surface area (Å²) in [4.78, 5) is 14.5. The van der Waals surface area contributed by atoms with Crippen LogP contribution in [0, 0.1) is 11.8 Å². The highest BCUT2D eigenvalue weighted by atomic mass is 35.5. The van der Waals surface area contributed by atoms with Crippen LogP contribution in [0.2, 0.25) is 5.02 Å². The SMILES string of the molecule is O=C(C1COc2ccccc2O1)N1CCC(O)(CC#Cc2cccc(Cl)c2)CC1. The van der Waals surface area contributed by atoms with Crippen LogP contribution >= 0.6 is 11.6 Å². The van der Waals surface area contributed by atoms with Crippen LogP contribution in [0.1, 0.15) is 24.8 Å². The Morgan fingerprint density at radius 2 is 1.93 bits per heavy atom. The number of amides is 1. The fourth-order valence-electron chi connectivity index (χ4n) is 3.54. The quantitative estimate of drug-likeness (QED) is 0.770. The average Bonchev–Trinajstić information content (AvgIpc) is 2.73. The van der Waals surface area contributed by atoms with Crippen molar-refractivity contribution in [2.75, 3.05) is 19.7 Å². The summed E-state index contributed by atoms with van der Waals surface area (Å²) < 4.78 is 11.5. The molecule has 2 aliphatic rings. The first-order valence-corrected chi connectivity index (χ1v) is 10.0. The molecule has 150 valence electrons. The Bertz CT molecular complexity index is 957. The van der Waals surface area contributed by atoms with Gasteiger partial charge in [-0.3, -0.25) is 4.79 Å². The maximum Gasteiger partial charge on any atom is 0.267 e. The standard InChI is InChI=1S/C23H22ClNO4/c24-18-7-3-5-17(15-18)6-4-10-23(27)11-13-25(14-12-23)22(26)21-16-28-19-8-1-2-9-20(19)29-21/h1-3,5,7-9,15,21,27H,10-14,16H2. The van der Waals surface area contributed by atoms with E-state index in [0.717, 1.165) is 5.56 Å². The third-order valence-corrected chi connectivity index (χ3v) is 5.50. The van der Waals surface area contributed by atoms with Gasteiger partial charge in [0, 0.05) is 30.1 Å². The minimum absolute atomic E-state index is 0.105. The lowest BCUT2D eigenvalue weighted by atomic mass is 9.88. The van der Waals surface area contributed by atoms with Gasteiger partial charge in [-0.05, 0) is 43.2 Å². The second kappa shape index (κ2) is 8.36. The molecule has 0 saturated carbocycles. The van der Waals surface area contributed by atoms with Crippen LogP contribution in [-0.2, 0) is 4.79 Å². The molecule has 6 heteroatoms. The van der Waals surface area contributed by atoms with E-state index in [1.165, 1.54) is 0 Å². The van der Waals surface area contributed by atoms with Crippen molar-refractivity contribution in [3.8, 4) is 23.3 Å². The van der Waals surface area contributed by atoms with Crippen molar-refractivity contribution in [3.05, 3.63) is 59.1 Å². The highest BCUT2D eigenvalue weighted by Gasteiger charge is 2.37. The largest absolute Gasteiger partial charge is 0.485 e. The van der Waals surface area contributed by atoms with Crippen molar-refractivity contribution >= 4 is 17.5 Å². The monoisotopic (exact) mass is 411 g/mol. The van der Waals surface area contributed by atoms with E-state index in [-0.39, 0.29) is 12.5 Å². The number of rotatable bonds is 2. The highest BCUT2D eigenvalue weighted by Crippen LogP contribution is 2.32. The summed E-state index contributed by atoms with van der Waals surface area (Å²) in [6.45, 7) is 1.13. The molecule has 0 spiro atoms. The van der Waals surface area contributed by atoms with Crippen molar-refractivity contribution in [3.63, 3.8) is 0 Å². The summed E-state index contributed by atoms with van der Waals surface area (Å²) >= 11 is 5.96. The maximum absolute atomic E-state index is 12.8. The van der Waals surface area contributed by atoms with E-state index in [1.807, 2.05) is 30.3 Å². The van der Waals surface area contributed by atoms with Crippen molar-refractivity contribution in [2.45, 2.75) is 31.0 Å². The summed E-state index contributed by atoms with van der Waals surface area (Å²) in [5.41, 5.74) is -0.0674. The summed E-state index contributed by atoms with van der Waals surface area (Å²) in [7, 11) is 0. The average molecular weight is 412 g/mol. The number of halogens is 1. The molecule has 1 fully saturated rings. The van der Waals surface area contributed by atoms with E-state index in [4.69, 9.17) is 21.1 Å².